The zero-order chi connectivity index (χ0) is 22.8. The van der Waals surface area contributed by atoms with E-state index in [2.05, 4.69) is 19.7 Å². The molecule has 3 heterocycles. The molecule has 0 saturated carbocycles. The van der Waals surface area contributed by atoms with Crippen molar-refractivity contribution in [3.05, 3.63) is 72.8 Å². The Hall–Kier alpha value is -3.56. The first kappa shape index (κ1) is 21.3. The second kappa shape index (κ2) is 8.76. The molecule has 0 bridgehead atoms. The van der Waals surface area contributed by atoms with E-state index in [1.807, 2.05) is 25.1 Å². The van der Waals surface area contributed by atoms with Crippen molar-refractivity contribution in [1.29, 1.82) is 0 Å². The first-order valence-electron chi connectivity index (χ1n) is 10.5. The van der Waals surface area contributed by atoms with Crippen LogP contribution in [-0.4, -0.2) is 43.2 Å². The van der Waals surface area contributed by atoms with Crippen LogP contribution in [0.25, 0.3) is 22.0 Å². The third-order valence-corrected chi connectivity index (χ3v) is 6.88. The van der Waals surface area contributed by atoms with E-state index in [0.29, 0.717) is 12.5 Å². The number of pyridine rings is 1. The van der Waals surface area contributed by atoms with E-state index in [1.165, 1.54) is 18.6 Å². The summed E-state index contributed by atoms with van der Waals surface area (Å²) in [6.45, 7) is 4.11. The summed E-state index contributed by atoms with van der Waals surface area (Å²) in [5.74, 6) is 1.41. The van der Waals surface area contributed by atoms with Crippen molar-refractivity contribution in [3.63, 3.8) is 0 Å². The molecule has 4 aromatic rings. The van der Waals surface area contributed by atoms with Gasteiger partial charge in [0.1, 0.15) is 17.9 Å². The summed E-state index contributed by atoms with van der Waals surface area (Å²) in [5.41, 5.74) is 2.77. The van der Waals surface area contributed by atoms with Crippen LogP contribution >= 0.6 is 0 Å². The number of nitrogens with zero attached hydrogens (tertiary/aromatic N) is 3. The summed E-state index contributed by atoms with van der Waals surface area (Å²) >= 11 is 0. The fourth-order valence-electron chi connectivity index (χ4n) is 3.63. The maximum absolute atomic E-state index is 12.8. The van der Waals surface area contributed by atoms with Gasteiger partial charge in [-0.2, -0.15) is 0 Å². The molecule has 1 aliphatic rings. The van der Waals surface area contributed by atoms with Crippen molar-refractivity contribution in [2.24, 2.45) is 5.92 Å². The molecule has 2 aromatic carbocycles. The van der Waals surface area contributed by atoms with E-state index in [1.54, 1.807) is 30.5 Å². The molecule has 9 heteroatoms. The van der Waals surface area contributed by atoms with E-state index >= 15 is 0 Å². The van der Waals surface area contributed by atoms with E-state index in [-0.39, 0.29) is 10.7 Å². The minimum absolute atomic E-state index is 0.141. The molecule has 0 spiro atoms. The Morgan fingerprint density at radius 3 is 2.70 bits per heavy atom. The summed E-state index contributed by atoms with van der Waals surface area (Å²) in [7, 11) is -3.80. The average molecular weight is 463 g/mol. The van der Waals surface area contributed by atoms with Gasteiger partial charge in [-0.15, -0.1) is 0 Å². The molecule has 0 atom stereocenters. The number of sulfonamides is 1. The lowest BCUT2D eigenvalue weighted by Crippen LogP contribution is -2.32. The van der Waals surface area contributed by atoms with Crippen LogP contribution in [0.1, 0.15) is 5.56 Å². The van der Waals surface area contributed by atoms with Gasteiger partial charge in [0, 0.05) is 29.3 Å². The molecule has 1 fully saturated rings. The Balaban J connectivity index is 1.48. The zero-order valence-corrected chi connectivity index (χ0v) is 18.7. The highest BCUT2D eigenvalue weighted by Crippen LogP contribution is 2.33. The number of fused-ring (bicyclic) bond motifs is 1. The second-order valence-electron chi connectivity index (χ2n) is 7.93. The van der Waals surface area contributed by atoms with Crippen LogP contribution in [-0.2, 0) is 14.8 Å². The minimum Gasteiger partial charge on any atom is -0.493 e. The number of aromatic nitrogens is 3. The Labute approximate surface area is 191 Å². The van der Waals surface area contributed by atoms with Crippen molar-refractivity contribution in [3.8, 4) is 17.0 Å². The average Bonchev–Trinajstić information content (AvgIpc) is 2.79. The highest BCUT2D eigenvalue weighted by atomic mass is 32.2. The Bertz CT molecular complexity index is 1410. The molecule has 2 aromatic heterocycles. The van der Waals surface area contributed by atoms with E-state index < -0.39 is 10.0 Å². The SMILES string of the molecule is Cc1ccc(OCC2COC2)cc1-c1nccc2cc(S(=O)(=O)Nc3ccncn3)ccc12. The normalized spacial score (nSPS) is 14.1. The molecule has 5 rings (SSSR count). The largest absolute Gasteiger partial charge is 0.493 e. The molecular weight excluding hydrogens is 440 g/mol. The van der Waals surface area contributed by atoms with Gasteiger partial charge in [-0.25, -0.2) is 18.4 Å². The number of aryl methyl sites for hydroxylation is 1. The Morgan fingerprint density at radius 1 is 1.06 bits per heavy atom. The van der Waals surface area contributed by atoms with Crippen LogP contribution in [0.5, 0.6) is 5.75 Å². The summed E-state index contributed by atoms with van der Waals surface area (Å²) in [6, 6.07) is 14.2. The summed E-state index contributed by atoms with van der Waals surface area (Å²) in [4.78, 5) is 12.5. The predicted octanol–water partition coefficient (Wildman–Crippen LogP) is 3.83. The number of benzene rings is 2. The van der Waals surface area contributed by atoms with Crippen LogP contribution in [0, 0.1) is 12.8 Å². The molecule has 1 saturated heterocycles. The third kappa shape index (κ3) is 4.50. The molecule has 8 nitrogen and oxygen atoms in total. The van der Waals surface area contributed by atoms with Crippen LogP contribution < -0.4 is 9.46 Å². The monoisotopic (exact) mass is 462 g/mol. The molecule has 0 aliphatic carbocycles. The number of ether oxygens (including phenoxy) is 2. The van der Waals surface area contributed by atoms with Gasteiger partial charge in [-0.3, -0.25) is 9.71 Å². The summed E-state index contributed by atoms with van der Waals surface area (Å²) < 4.78 is 39.3. The molecule has 168 valence electrons. The predicted molar refractivity (Wildman–Crippen MR) is 125 cm³/mol. The van der Waals surface area contributed by atoms with Crippen LogP contribution in [0.4, 0.5) is 5.82 Å². The molecule has 0 radical (unpaired) electrons. The van der Waals surface area contributed by atoms with E-state index in [0.717, 1.165) is 46.6 Å². The van der Waals surface area contributed by atoms with E-state index in [4.69, 9.17) is 9.47 Å². The molecule has 1 N–H and O–H groups in total. The Kier molecular flexibility index (Phi) is 5.65. The third-order valence-electron chi connectivity index (χ3n) is 5.52. The van der Waals surface area contributed by atoms with Gasteiger partial charge in [0.25, 0.3) is 10.0 Å². The first-order chi connectivity index (χ1) is 16.0. The number of rotatable bonds is 7. The van der Waals surface area contributed by atoms with Gasteiger partial charge in [0.15, 0.2) is 0 Å². The quantitative estimate of drug-likeness (QED) is 0.445. The van der Waals surface area contributed by atoms with Crippen LogP contribution in [0.3, 0.4) is 0 Å². The number of hydrogen-bond acceptors (Lipinski definition) is 7. The lowest BCUT2D eigenvalue weighted by atomic mass is 10.00. The van der Waals surface area contributed by atoms with Crippen molar-refractivity contribution in [2.75, 3.05) is 24.5 Å². The van der Waals surface area contributed by atoms with Crippen molar-refractivity contribution >= 4 is 26.6 Å². The van der Waals surface area contributed by atoms with Gasteiger partial charge in [-0.1, -0.05) is 12.1 Å². The highest BCUT2D eigenvalue weighted by molar-refractivity contribution is 7.92. The molecule has 33 heavy (non-hydrogen) atoms. The molecule has 1 aliphatic heterocycles. The lowest BCUT2D eigenvalue weighted by molar-refractivity contribution is -0.0508. The molecular formula is C24H22N4O4S. The fourth-order valence-corrected chi connectivity index (χ4v) is 4.67. The highest BCUT2D eigenvalue weighted by Gasteiger charge is 2.20. The smallest absolute Gasteiger partial charge is 0.263 e. The zero-order valence-electron chi connectivity index (χ0n) is 17.9. The topological polar surface area (TPSA) is 103 Å². The van der Waals surface area contributed by atoms with Gasteiger partial charge < -0.3 is 9.47 Å². The van der Waals surface area contributed by atoms with Gasteiger partial charge in [0.05, 0.1) is 30.4 Å². The van der Waals surface area contributed by atoms with Gasteiger partial charge in [-0.05, 0) is 54.3 Å². The molecule has 0 unspecified atom stereocenters. The standard InChI is InChI=1S/C24H22N4O4S/c1-16-2-3-19(32-14-17-12-31-13-17)11-22(16)24-21-5-4-20(10-18(21)6-9-26-24)33(29,30)28-23-7-8-25-15-27-23/h2-11,15,17H,12-14H2,1H3,(H,25,27,28). The van der Waals surface area contributed by atoms with Crippen LogP contribution in [0.15, 0.2) is 72.1 Å². The van der Waals surface area contributed by atoms with Crippen LogP contribution in [0.2, 0.25) is 0 Å². The van der Waals surface area contributed by atoms with Crippen molar-refractivity contribution in [2.45, 2.75) is 11.8 Å². The summed E-state index contributed by atoms with van der Waals surface area (Å²) in [6.07, 6.45) is 4.45. The van der Waals surface area contributed by atoms with Crippen molar-refractivity contribution in [1.82, 2.24) is 15.0 Å². The first-order valence-corrected chi connectivity index (χ1v) is 12.0. The molecule has 0 amide bonds. The van der Waals surface area contributed by atoms with E-state index in [9.17, 15) is 8.42 Å². The number of anilines is 1. The van der Waals surface area contributed by atoms with Crippen molar-refractivity contribution < 1.29 is 17.9 Å². The lowest BCUT2D eigenvalue weighted by Gasteiger charge is -2.25. The summed E-state index contributed by atoms with van der Waals surface area (Å²) in [5, 5.41) is 1.62. The maximum Gasteiger partial charge on any atom is 0.263 e. The maximum atomic E-state index is 12.8. The minimum atomic E-state index is -3.80. The Morgan fingerprint density at radius 2 is 1.94 bits per heavy atom. The second-order valence-corrected chi connectivity index (χ2v) is 9.62. The van der Waals surface area contributed by atoms with Gasteiger partial charge >= 0.3 is 0 Å². The van der Waals surface area contributed by atoms with Gasteiger partial charge in [0.2, 0.25) is 0 Å². The number of nitrogens with one attached hydrogen (secondary N) is 1. The fraction of sp³-hybridized carbons (Fsp3) is 0.208. The number of hydrogen-bond donors (Lipinski definition) is 1.